The molecule has 0 spiro atoms. The Morgan fingerprint density at radius 3 is 2.84 bits per heavy atom. The van der Waals surface area contributed by atoms with E-state index in [2.05, 4.69) is 10.6 Å². The molecule has 2 atom stereocenters. The number of hydrogen-bond acceptors (Lipinski definition) is 4. The van der Waals surface area contributed by atoms with Crippen LogP contribution in [-0.2, 0) is 14.3 Å². The summed E-state index contributed by atoms with van der Waals surface area (Å²) in [5.74, 6) is 0.0113. The van der Waals surface area contributed by atoms with Gasteiger partial charge in [-0.3, -0.25) is 4.79 Å². The first-order valence-electron chi connectivity index (χ1n) is 7.01. The van der Waals surface area contributed by atoms with Crippen LogP contribution in [0.5, 0.6) is 0 Å². The molecule has 2 N–H and O–H groups in total. The molecule has 1 saturated carbocycles. The lowest BCUT2D eigenvalue weighted by Crippen LogP contribution is -2.55. The number of nitrogens with one attached hydrogen (secondary N) is 2. The van der Waals surface area contributed by atoms with E-state index in [1.54, 1.807) is 0 Å². The molecule has 5 nitrogen and oxygen atoms in total. The van der Waals surface area contributed by atoms with Crippen LogP contribution in [-0.4, -0.2) is 50.5 Å². The molecule has 0 aromatic carbocycles. The van der Waals surface area contributed by atoms with Gasteiger partial charge in [-0.2, -0.15) is 0 Å². The number of amides is 1. The van der Waals surface area contributed by atoms with E-state index in [4.69, 9.17) is 9.47 Å². The van der Waals surface area contributed by atoms with Crippen LogP contribution in [0.1, 0.15) is 32.6 Å². The second-order valence-electron chi connectivity index (χ2n) is 5.08. The largest absolute Gasteiger partial charge is 0.376 e. The summed E-state index contributed by atoms with van der Waals surface area (Å²) in [7, 11) is 0. The van der Waals surface area contributed by atoms with Gasteiger partial charge in [-0.05, 0) is 19.8 Å². The van der Waals surface area contributed by atoms with Crippen molar-refractivity contribution in [3.05, 3.63) is 0 Å². The number of ether oxygens (including phenoxy) is 2. The highest BCUT2D eigenvalue weighted by Gasteiger charge is 2.27. The molecular formula is C13H25ClN2O3. The highest BCUT2D eigenvalue weighted by atomic mass is 35.5. The zero-order chi connectivity index (χ0) is 12.8. The minimum absolute atomic E-state index is 0. The molecule has 0 bridgehead atoms. The smallest absolute Gasteiger partial charge is 0.239 e. The molecule has 1 saturated heterocycles. The first kappa shape index (κ1) is 16.7. The summed E-state index contributed by atoms with van der Waals surface area (Å²) in [6.07, 6.45) is 5.24. The molecule has 19 heavy (non-hydrogen) atoms. The maximum atomic E-state index is 11.9. The van der Waals surface area contributed by atoms with Crippen LogP contribution >= 0.6 is 12.4 Å². The molecule has 2 aliphatic rings. The summed E-state index contributed by atoms with van der Waals surface area (Å²) >= 11 is 0. The Balaban J connectivity index is 0.00000180. The summed E-state index contributed by atoms with van der Waals surface area (Å²) in [5.41, 5.74) is 0. The molecule has 112 valence electrons. The van der Waals surface area contributed by atoms with Crippen LogP contribution in [0.25, 0.3) is 0 Å². The van der Waals surface area contributed by atoms with Crippen molar-refractivity contribution in [3.63, 3.8) is 0 Å². The van der Waals surface area contributed by atoms with E-state index in [1.807, 2.05) is 6.92 Å². The summed E-state index contributed by atoms with van der Waals surface area (Å²) in [4.78, 5) is 11.9. The lowest BCUT2D eigenvalue weighted by Gasteiger charge is -2.29. The zero-order valence-corrected chi connectivity index (χ0v) is 12.3. The summed E-state index contributed by atoms with van der Waals surface area (Å²) in [6.45, 7) is 4.53. The van der Waals surface area contributed by atoms with Crippen molar-refractivity contribution in [1.29, 1.82) is 0 Å². The van der Waals surface area contributed by atoms with E-state index in [0.717, 1.165) is 6.54 Å². The monoisotopic (exact) mass is 292 g/mol. The first-order chi connectivity index (χ1) is 8.77. The maximum Gasteiger partial charge on any atom is 0.239 e. The number of morpholine rings is 1. The Morgan fingerprint density at radius 1 is 1.42 bits per heavy atom. The van der Waals surface area contributed by atoms with Gasteiger partial charge < -0.3 is 20.1 Å². The summed E-state index contributed by atoms with van der Waals surface area (Å²) in [6, 6.07) is -0.231. The van der Waals surface area contributed by atoms with Crippen molar-refractivity contribution >= 4 is 18.3 Å². The normalized spacial score (nSPS) is 27.8. The Kier molecular flexibility index (Phi) is 7.68. The summed E-state index contributed by atoms with van der Waals surface area (Å²) in [5, 5.41) is 6.07. The van der Waals surface area contributed by atoms with Crippen molar-refractivity contribution in [3.8, 4) is 0 Å². The number of carbonyl (C=O) groups is 1. The number of carbonyl (C=O) groups excluding carboxylic acids is 1. The summed E-state index contributed by atoms with van der Waals surface area (Å²) < 4.78 is 11.1. The third kappa shape index (κ3) is 5.26. The molecule has 0 aromatic rings. The Bertz CT molecular complexity index is 273. The van der Waals surface area contributed by atoms with Crippen LogP contribution in [0.3, 0.4) is 0 Å². The molecule has 1 heterocycles. The Labute approximate surface area is 121 Å². The van der Waals surface area contributed by atoms with Crippen LogP contribution < -0.4 is 10.6 Å². The minimum atomic E-state index is -0.231. The standard InChI is InChI=1S/C13H24N2O3.ClH/c1-10-12(14-6-8-17-10)13(16)15-7-9-18-11-4-2-3-5-11;/h10-12,14H,2-9H2,1H3,(H,15,16);1H/t10-,12+;/m1./s1. The molecule has 1 aliphatic heterocycles. The number of halogens is 1. The highest BCUT2D eigenvalue weighted by Crippen LogP contribution is 2.20. The van der Waals surface area contributed by atoms with Gasteiger partial charge in [-0.15, -0.1) is 12.4 Å². The van der Waals surface area contributed by atoms with Crippen molar-refractivity contribution < 1.29 is 14.3 Å². The van der Waals surface area contributed by atoms with Gasteiger partial charge in [0.2, 0.25) is 5.91 Å². The molecule has 2 rings (SSSR count). The highest BCUT2D eigenvalue weighted by molar-refractivity contribution is 5.85. The Hall–Kier alpha value is -0.360. The van der Waals surface area contributed by atoms with Crippen molar-refractivity contribution in [2.45, 2.75) is 50.9 Å². The predicted octanol–water partition coefficient (Wildman–Crippen LogP) is 0.860. The molecule has 0 radical (unpaired) electrons. The SMILES string of the molecule is C[C@H]1OCCN[C@@H]1C(=O)NCCOC1CCCC1.Cl. The fourth-order valence-corrected chi connectivity index (χ4v) is 2.59. The quantitative estimate of drug-likeness (QED) is 0.738. The second kappa shape index (κ2) is 8.74. The van der Waals surface area contributed by atoms with Gasteiger partial charge >= 0.3 is 0 Å². The van der Waals surface area contributed by atoms with Crippen LogP contribution in [0.2, 0.25) is 0 Å². The van der Waals surface area contributed by atoms with Gasteiger partial charge in [0.15, 0.2) is 0 Å². The van der Waals surface area contributed by atoms with Gasteiger partial charge in [0.25, 0.3) is 0 Å². The molecule has 1 amide bonds. The topological polar surface area (TPSA) is 59.6 Å². The lowest BCUT2D eigenvalue weighted by molar-refractivity contribution is -0.129. The van der Waals surface area contributed by atoms with Crippen LogP contribution in [0.15, 0.2) is 0 Å². The van der Waals surface area contributed by atoms with E-state index in [1.165, 1.54) is 25.7 Å². The minimum Gasteiger partial charge on any atom is -0.376 e. The van der Waals surface area contributed by atoms with E-state index >= 15 is 0 Å². The third-order valence-electron chi connectivity index (χ3n) is 3.66. The van der Waals surface area contributed by atoms with Crippen LogP contribution in [0, 0.1) is 0 Å². The van der Waals surface area contributed by atoms with Crippen molar-refractivity contribution in [1.82, 2.24) is 10.6 Å². The fraction of sp³-hybridized carbons (Fsp3) is 0.923. The predicted molar refractivity (Wildman–Crippen MR) is 75.7 cm³/mol. The van der Waals surface area contributed by atoms with Crippen LogP contribution in [0.4, 0.5) is 0 Å². The molecular weight excluding hydrogens is 268 g/mol. The average Bonchev–Trinajstić information content (AvgIpc) is 2.88. The van der Waals surface area contributed by atoms with Gasteiger partial charge in [0.1, 0.15) is 6.04 Å². The fourth-order valence-electron chi connectivity index (χ4n) is 2.59. The second-order valence-corrected chi connectivity index (χ2v) is 5.08. The maximum absolute atomic E-state index is 11.9. The molecule has 0 aromatic heterocycles. The van der Waals surface area contributed by atoms with Crippen molar-refractivity contribution in [2.24, 2.45) is 0 Å². The van der Waals surface area contributed by atoms with E-state index in [0.29, 0.717) is 25.9 Å². The average molecular weight is 293 g/mol. The number of rotatable bonds is 5. The Morgan fingerprint density at radius 2 is 2.16 bits per heavy atom. The molecule has 2 fully saturated rings. The van der Waals surface area contributed by atoms with E-state index in [9.17, 15) is 4.79 Å². The molecule has 6 heteroatoms. The molecule has 0 unspecified atom stereocenters. The number of hydrogen-bond donors (Lipinski definition) is 2. The van der Waals surface area contributed by atoms with Crippen molar-refractivity contribution in [2.75, 3.05) is 26.3 Å². The first-order valence-corrected chi connectivity index (χ1v) is 7.01. The van der Waals surface area contributed by atoms with E-state index in [-0.39, 0.29) is 30.5 Å². The molecule has 1 aliphatic carbocycles. The van der Waals surface area contributed by atoms with Gasteiger partial charge in [0, 0.05) is 13.1 Å². The van der Waals surface area contributed by atoms with Gasteiger partial charge in [-0.25, -0.2) is 0 Å². The van der Waals surface area contributed by atoms with Gasteiger partial charge in [-0.1, -0.05) is 12.8 Å². The third-order valence-corrected chi connectivity index (χ3v) is 3.66. The zero-order valence-electron chi connectivity index (χ0n) is 11.5. The van der Waals surface area contributed by atoms with E-state index < -0.39 is 0 Å². The van der Waals surface area contributed by atoms with Gasteiger partial charge in [0.05, 0.1) is 25.4 Å². The lowest BCUT2D eigenvalue weighted by atomic mass is 10.1.